The van der Waals surface area contributed by atoms with Crippen molar-refractivity contribution < 1.29 is 29.4 Å². The Balaban J connectivity index is 1.04. The second-order valence-electron chi connectivity index (χ2n) is 13.6. The number of allylic oxidation sites excluding steroid dienone is 4. The van der Waals surface area contributed by atoms with E-state index >= 15 is 0 Å². The molecule has 1 aromatic heterocycles. The van der Waals surface area contributed by atoms with E-state index in [9.17, 15) is 19.8 Å². The van der Waals surface area contributed by atoms with Crippen molar-refractivity contribution in [2.24, 2.45) is 33.7 Å². The van der Waals surface area contributed by atoms with Crippen molar-refractivity contribution in [2.45, 2.75) is 71.3 Å². The summed E-state index contributed by atoms with van der Waals surface area (Å²) < 4.78 is 5.29. The second-order valence-corrected chi connectivity index (χ2v) is 13.6. The number of rotatable bonds is 8. The molecule has 0 unspecified atom stereocenters. The van der Waals surface area contributed by atoms with Crippen molar-refractivity contribution in [3.63, 3.8) is 0 Å². The van der Waals surface area contributed by atoms with E-state index in [1.807, 2.05) is 13.0 Å². The van der Waals surface area contributed by atoms with E-state index in [2.05, 4.69) is 41.5 Å². The van der Waals surface area contributed by atoms with Gasteiger partial charge in [0.2, 0.25) is 0 Å². The summed E-state index contributed by atoms with van der Waals surface area (Å²) in [6, 6.07) is 5.35. The zero-order chi connectivity index (χ0) is 30.6. The fourth-order valence-electron chi connectivity index (χ4n) is 8.85. The zero-order valence-corrected chi connectivity index (χ0v) is 25.5. The van der Waals surface area contributed by atoms with Crippen LogP contribution in [0, 0.1) is 28.6 Å². The van der Waals surface area contributed by atoms with Crippen LogP contribution in [-0.2, 0) is 16.1 Å². The maximum atomic E-state index is 12.5. The number of nitrogens with zero attached hydrogens (tertiary/aromatic N) is 1. The lowest BCUT2D eigenvalue weighted by Gasteiger charge is -2.58. The number of carbonyl (C=O) groups is 2. The van der Waals surface area contributed by atoms with Crippen LogP contribution in [0.1, 0.15) is 75.3 Å². The number of carboxylic acids is 1. The number of oxime groups is 1. The molecule has 3 saturated carbocycles. The summed E-state index contributed by atoms with van der Waals surface area (Å²) in [7, 11) is 1.56. The van der Waals surface area contributed by atoms with Crippen LogP contribution >= 0.6 is 0 Å². The van der Waals surface area contributed by atoms with Crippen LogP contribution in [-0.4, -0.2) is 58.6 Å². The molecule has 6 atom stereocenters. The Kier molecular flexibility index (Phi) is 7.43. The van der Waals surface area contributed by atoms with Crippen LogP contribution in [0.25, 0.3) is 10.9 Å². The molecule has 0 aliphatic heterocycles. The van der Waals surface area contributed by atoms with Gasteiger partial charge in [0.15, 0.2) is 6.61 Å². The van der Waals surface area contributed by atoms with Crippen LogP contribution in [0.3, 0.4) is 0 Å². The first kappa shape index (κ1) is 29.5. The Morgan fingerprint density at radius 2 is 1.93 bits per heavy atom. The average Bonchev–Trinajstić information content (AvgIpc) is 3.46. The molecule has 0 radical (unpaired) electrons. The van der Waals surface area contributed by atoms with Gasteiger partial charge in [-0.25, -0.2) is 4.79 Å². The number of ether oxygens (including phenoxy) is 1. The van der Waals surface area contributed by atoms with Gasteiger partial charge in [-0.2, -0.15) is 0 Å². The number of carboxylic acid groups (broad SMARTS) is 1. The first-order valence-corrected chi connectivity index (χ1v) is 15.5. The Hall–Kier alpha value is -3.59. The number of benzene rings is 1. The third kappa shape index (κ3) is 4.95. The lowest BCUT2D eigenvalue weighted by atomic mass is 9.47. The summed E-state index contributed by atoms with van der Waals surface area (Å²) in [4.78, 5) is 32.7. The maximum absolute atomic E-state index is 12.5. The summed E-state index contributed by atoms with van der Waals surface area (Å²) in [6.07, 6.45) is 13.1. The number of hydrogen-bond acceptors (Lipinski definition) is 6. The van der Waals surface area contributed by atoms with Gasteiger partial charge < -0.3 is 30.1 Å². The fourth-order valence-corrected chi connectivity index (χ4v) is 8.85. The third-order valence-corrected chi connectivity index (χ3v) is 11.5. The van der Waals surface area contributed by atoms with E-state index in [4.69, 9.17) is 9.57 Å². The van der Waals surface area contributed by atoms with E-state index in [0.717, 1.165) is 43.9 Å². The quantitative estimate of drug-likeness (QED) is 0.305. The van der Waals surface area contributed by atoms with Gasteiger partial charge in [-0.15, -0.1) is 0 Å². The van der Waals surface area contributed by atoms with Gasteiger partial charge >= 0.3 is 5.97 Å². The monoisotopic (exact) mass is 589 g/mol. The summed E-state index contributed by atoms with van der Waals surface area (Å²) in [5, 5.41) is 28.6. The Morgan fingerprint density at radius 1 is 1.14 bits per heavy atom. The van der Waals surface area contributed by atoms with Gasteiger partial charge in [0, 0.05) is 22.9 Å². The predicted molar refractivity (Wildman–Crippen MR) is 164 cm³/mol. The molecule has 1 aromatic carbocycles. The first-order chi connectivity index (χ1) is 20.5. The number of carbonyl (C=O) groups excluding carboxylic acids is 1. The molecule has 0 bridgehead atoms. The first-order valence-electron chi connectivity index (χ1n) is 15.5. The molecule has 4 N–H and O–H groups in total. The van der Waals surface area contributed by atoms with Gasteiger partial charge in [0.05, 0.1) is 12.7 Å². The van der Waals surface area contributed by atoms with Gasteiger partial charge in [0.1, 0.15) is 17.2 Å². The fraction of sp³-hybridized carbons (Fsp3) is 0.559. The highest BCUT2D eigenvalue weighted by atomic mass is 16.6. The molecule has 4 aliphatic carbocycles. The molecule has 230 valence electrons. The maximum Gasteiger partial charge on any atom is 0.352 e. The molecule has 0 spiro atoms. The molecule has 9 heteroatoms. The van der Waals surface area contributed by atoms with E-state index < -0.39 is 11.6 Å². The minimum Gasteiger partial charge on any atom is -0.497 e. The largest absolute Gasteiger partial charge is 0.497 e. The summed E-state index contributed by atoms with van der Waals surface area (Å²) in [5.74, 6) is 1.00. The molecular weight excluding hydrogens is 546 g/mol. The zero-order valence-electron chi connectivity index (χ0n) is 25.5. The van der Waals surface area contributed by atoms with Gasteiger partial charge in [0.25, 0.3) is 5.91 Å². The van der Waals surface area contributed by atoms with Gasteiger partial charge in [-0.3, -0.25) is 4.79 Å². The van der Waals surface area contributed by atoms with Crippen molar-refractivity contribution in [1.82, 2.24) is 10.3 Å². The number of fused-ring (bicyclic) bond motifs is 6. The Bertz CT molecular complexity index is 1540. The number of aliphatic hydroxyl groups is 1. The van der Waals surface area contributed by atoms with Crippen LogP contribution in [0.5, 0.6) is 5.75 Å². The second kappa shape index (κ2) is 10.8. The third-order valence-electron chi connectivity index (χ3n) is 11.5. The SMILES string of the molecule is COc1ccc2[nH]c(C(=O)O)c(CCNC(=O)CON=C3C=C[C@@]4(C)C(=C3)CC[C@H]3[C@H]5CC[C@](C)(O)[C@@]5(C)CC[C@@H]34)c2c1. The average molecular weight is 590 g/mol. The minimum atomic E-state index is -1.05. The number of amides is 1. The van der Waals surface area contributed by atoms with Crippen molar-refractivity contribution in [3.05, 3.63) is 53.3 Å². The molecule has 3 fully saturated rings. The standard InChI is InChI=1S/C34H43N3O6/c1-32-13-9-21(17-20(32)5-7-24-26(32)10-14-33(2)27(24)11-15-34(33,3)41)37-43-19-29(38)35-16-12-23-25-18-22(42-4)6-8-28(25)36-30(23)31(39)40/h6,8-9,13,17-18,24,26-27,36,41H,5,7,10-12,14-16,19H2,1-4H3,(H,35,38)(H,39,40)/t24-,26+,27-,32+,33+,34+/m1/s1. The number of nitrogens with one attached hydrogen (secondary N) is 2. The lowest BCUT2D eigenvalue weighted by molar-refractivity contribution is -0.125. The molecule has 6 rings (SSSR count). The molecule has 2 aromatic rings. The molecular formula is C34H43N3O6. The van der Waals surface area contributed by atoms with E-state index in [0.29, 0.717) is 46.7 Å². The van der Waals surface area contributed by atoms with E-state index in [1.165, 1.54) is 5.57 Å². The Labute approximate surface area is 252 Å². The Morgan fingerprint density at radius 3 is 2.70 bits per heavy atom. The summed E-state index contributed by atoms with van der Waals surface area (Å²) in [6.45, 7) is 6.74. The van der Waals surface area contributed by atoms with Crippen molar-refractivity contribution in [2.75, 3.05) is 20.3 Å². The van der Waals surface area contributed by atoms with E-state index in [1.54, 1.807) is 25.3 Å². The summed E-state index contributed by atoms with van der Waals surface area (Å²) >= 11 is 0. The molecule has 1 amide bonds. The topological polar surface area (TPSA) is 133 Å². The predicted octanol–water partition coefficient (Wildman–Crippen LogP) is 5.40. The van der Waals surface area contributed by atoms with E-state index in [-0.39, 0.29) is 35.6 Å². The van der Waals surface area contributed by atoms with Crippen molar-refractivity contribution in [3.8, 4) is 5.75 Å². The number of methoxy groups -OCH3 is 1. The summed E-state index contributed by atoms with van der Waals surface area (Å²) in [5.41, 5.74) is 2.92. The molecule has 43 heavy (non-hydrogen) atoms. The number of aromatic carboxylic acids is 1. The highest BCUT2D eigenvalue weighted by molar-refractivity contribution is 6.05. The lowest BCUT2D eigenvalue weighted by Crippen LogP contribution is -2.53. The number of aromatic amines is 1. The van der Waals surface area contributed by atoms with Gasteiger partial charge in [-0.05, 0) is 111 Å². The van der Waals surface area contributed by atoms with Crippen molar-refractivity contribution >= 4 is 28.5 Å². The molecule has 0 saturated heterocycles. The highest BCUT2D eigenvalue weighted by Gasteiger charge is 2.62. The number of H-pyrrole nitrogens is 1. The molecule has 9 nitrogen and oxygen atoms in total. The number of aromatic nitrogens is 1. The van der Waals surface area contributed by atoms with Crippen LogP contribution in [0.15, 0.2) is 47.2 Å². The van der Waals surface area contributed by atoms with Crippen LogP contribution in [0.2, 0.25) is 0 Å². The van der Waals surface area contributed by atoms with Crippen LogP contribution in [0.4, 0.5) is 0 Å². The smallest absolute Gasteiger partial charge is 0.352 e. The highest BCUT2D eigenvalue weighted by Crippen LogP contribution is 2.66. The van der Waals surface area contributed by atoms with Crippen molar-refractivity contribution in [1.29, 1.82) is 0 Å². The number of hydrogen-bond donors (Lipinski definition) is 4. The normalized spacial score (nSPS) is 33.8. The molecule has 4 aliphatic rings. The minimum absolute atomic E-state index is 0.00662. The van der Waals surface area contributed by atoms with Gasteiger partial charge in [-0.1, -0.05) is 30.7 Å². The van der Waals surface area contributed by atoms with Crippen LogP contribution < -0.4 is 10.1 Å². The molecule has 1 heterocycles.